The van der Waals surface area contributed by atoms with E-state index in [2.05, 4.69) is 6.58 Å². The highest BCUT2D eigenvalue weighted by Gasteiger charge is 2.39. The Bertz CT molecular complexity index is 692. The first-order valence-corrected chi connectivity index (χ1v) is 7.36. The summed E-state index contributed by atoms with van der Waals surface area (Å²) in [6.45, 7) is 8.87. The van der Waals surface area contributed by atoms with E-state index in [1.807, 2.05) is 6.92 Å². The molecular formula is C18H20O6. The Morgan fingerprint density at radius 3 is 2.42 bits per heavy atom. The number of ether oxygens (including phenoxy) is 4. The predicted octanol–water partition coefficient (Wildman–Crippen LogP) is 2.87. The van der Waals surface area contributed by atoms with Crippen molar-refractivity contribution in [2.24, 2.45) is 0 Å². The Morgan fingerprint density at radius 1 is 1.25 bits per heavy atom. The molecule has 1 heterocycles. The molecule has 0 aliphatic carbocycles. The number of methoxy groups -OCH3 is 1. The average Bonchev–Trinajstić information content (AvgIpc) is 2.48. The van der Waals surface area contributed by atoms with Gasteiger partial charge in [0, 0.05) is 19.4 Å². The normalized spacial score (nSPS) is 16.1. The molecule has 0 radical (unpaired) electrons. The number of cyclic esters (lactones) is 2. The minimum absolute atomic E-state index is 0.206. The van der Waals surface area contributed by atoms with Gasteiger partial charge in [-0.1, -0.05) is 18.7 Å². The van der Waals surface area contributed by atoms with Crippen molar-refractivity contribution in [1.82, 2.24) is 0 Å². The first-order chi connectivity index (χ1) is 11.2. The molecular weight excluding hydrogens is 312 g/mol. The fourth-order valence-electron chi connectivity index (χ4n) is 2.09. The van der Waals surface area contributed by atoms with Gasteiger partial charge in [0.15, 0.2) is 11.5 Å². The van der Waals surface area contributed by atoms with Crippen LogP contribution in [0.5, 0.6) is 11.5 Å². The molecule has 6 nitrogen and oxygen atoms in total. The lowest BCUT2D eigenvalue weighted by atomic mass is 10.1. The number of hydrogen-bond acceptors (Lipinski definition) is 6. The summed E-state index contributed by atoms with van der Waals surface area (Å²) in [7, 11) is 1.51. The fourth-order valence-corrected chi connectivity index (χ4v) is 2.09. The van der Waals surface area contributed by atoms with Crippen LogP contribution >= 0.6 is 0 Å². The molecule has 1 fully saturated rings. The van der Waals surface area contributed by atoms with Crippen LogP contribution in [-0.4, -0.2) is 31.4 Å². The Morgan fingerprint density at radius 2 is 1.88 bits per heavy atom. The van der Waals surface area contributed by atoms with Crippen LogP contribution in [0.2, 0.25) is 0 Å². The molecule has 0 spiro atoms. The van der Waals surface area contributed by atoms with E-state index in [-0.39, 0.29) is 12.2 Å². The van der Waals surface area contributed by atoms with E-state index in [0.717, 1.165) is 5.57 Å². The lowest BCUT2D eigenvalue weighted by molar-refractivity contribution is -0.222. The molecule has 0 aromatic heterocycles. The molecule has 24 heavy (non-hydrogen) atoms. The largest absolute Gasteiger partial charge is 0.493 e. The van der Waals surface area contributed by atoms with Crippen molar-refractivity contribution in [2.45, 2.75) is 26.6 Å². The molecule has 1 aromatic carbocycles. The van der Waals surface area contributed by atoms with E-state index in [4.69, 9.17) is 18.9 Å². The van der Waals surface area contributed by atoms with Gasteiger partial charge in [-0.05, 0) is 24.6 Å². The summed E-state index contributed by atoms with van der Waals surface area (Å²) in [4.78, 5) is 24.2. The predicted molar refractivity (Wildman–Crippen MR) is 87.5 cm³/mol. The third-order valence-electron chi connectivity index (χ3n) is 3.11. The first kappa shape index (κ1) is 17.6. The first-order valence-electron chi connectivity index (χ1n) is 7.36. The number of esters is 2. The van der Waals surface area contributed by atoms with Crippen LogP contribution in [-0.2, 0) is 19.1 Å². The number of carbonyl (C=O) groups is 2. The van der Waals surface area contributed by atoms with E-state index in [1.165, 1.54) is 27.0 Å². The summed E-state index contributed by atoms with van der Waals surface area (Å²) in [5.41, 5.74) is 1.11. The van der Waals surface area contributed by atoms with Gasteiger partial charge in [0.1, 0.15) is 12.2 Å². The third kappa shape index (κ3) is 3.95. The Hall–Kier alpha value is -2.76. The minimum Gasteiger partial charge on any atom is -0.493 e. The second kappa shape index (κ2) is 6.78. The molecule has 0 unspecified atom stereocenters. The van der Waals surface area contributed by atoms with Crippen LogP contribution in [0, 0.1) is 0 Å². The van der Waals surface area contributed by atoms with Crippen molar-refractivity contribution in [2.75, 3.05) is 13.7 Å². The van der Waals surface area contributed by atoms with Crippen molar-refractivity contribution in [3.63, 3.8) is 0 Å². The number of para-hydroxylation sites is 1. The van der Waals surface area contributed by atoms with Crippen LogP contribution in [0.4, 0.5) is 0 Å². The maximum Gasteiger partial charge on any atom is 0.348 e. The highest BCUT2D eigenvalue weighted by molar-refractivity contribution is 6.19. The number of hydrogen-bond donors (Lipinski definition) is 0. The van der Waals surface area contributed by atoms with Crippen molar-refractivity contribution < 1.29 is 28.5 Å². The van der Waals surface area contributed by atoms with Crippen LogP contribution in [0.25, 0.3) is 6.08 Å². The number of benzene rings is 1. The molecule has 1 aliphatic rings. The van der Waals surface area contributed by atoms with Gasteiger partial charge >= 0.3 is 11.9 Å². The second-order valence-electron chi connectivity index (χ2n) is 5.86. The molecule has 0 atom stereocenters. The van der Waals surface area contributed by atoms with Crippen molar-refractivity contribution in [1.29, 1.82) is 0 Å². The van der Waals surface area contributed by atoms with Gasteiger partial charge in [-0.2, -0.15) is 0 Å². The van der Waals surface area contributed by atoms with Gasteiger partial charge in [-0.25, -0.2) is 9.59 Å². The van der Waals surface area contributed by atoms with E-state index >= 15 is 0 Å². The minimum atomic E-state index is -1.28. The van der Waals surface area contributed by atoms with Crippen LogP contribution in [0.1, 0.15) is 26.3 Å². The summed E-state index contributed by atoms with van der Waals surface area (Å²) in [5.74, 6) is -1.89. The lowest BCUT2D eigenvalue weighted by Gasteiger charge is -2.29. The zero-order chi connectivity index (χ0) is 17.9. The summed E-state index contributed by atoms with van der Waals surface area (Å²) >= 11 is 0. The number of carbonyl (C=O) groups excluding carboxylic acids is 2. The monoisotopic (exact) mass is 332 g/mol. The molecule has 2 rings (SSSR count). The van der Waals surface area contributed by atoms with Crippen molar-refractivity contribution in [3.8, 4) is 11.5 Å². The molecule has 128 valence electrons. The van der Waals surface area contributed by atoms with Crippen molar-refractivity contribution >= 4 is 18.0 Å². The zero-order valence-corrected chi connectivity index (χ0v) is 14.2. The smallest absolute Gasteiger partial charge is 0.348 e. The van der Waals surface area contributed by atoms with Gasteiger partial charge in [-0.3, -0.25) is 0 Å². The van der Waals surface area contributed by atoms with E-state index in [9.17, 15) is 9.59 Å². The Kier molecular flexibility index (Phi) is 4.97. The summed E-state index contributed by atoms with van der Waals surface area (Å²) < 4.78 is 21.2. The van der Waals surface area contributed by atoms with Crippen molar-refractivity contribution in [3.05, 3.63) is 41.5 Å². The van der Waals surface area contributed by atoms with Crippen LogP contribution < -0.4 is 9.47 Å². The standard InChI is InChI=1S/C18H20O6/c1-11(2)10-22-15-12(7-6-8-14(15)21-5)9-13-16(19)23-18(3,4)24-17(13)20/h6-9H,1,10H2,2-5H3. The molecule has 0 N–H and O–H groups in total. The Balaban J connectivity index is 2.43. The zero-order valence-electron chi connectivity index (χ0n) is 14.2. The quantitative estimate of drug-likeness (QED) is 0.357. The molecule has 1 aliphatic heterocycles. The topological polar surface area (TPSA) is 71.1 Å². The van der Waals surface area contributed by atoms with Gasteiger partial charge in [-0.15, -0.1) is 0 Å². The number of rotatable bonds is 5. The maximum atomic E-state index is 12.1. The third-order valence-corrected chi connectivity index (χ3v) is 3.11. The van der Waals surface area contributed by atoms with E-state index in [0.29, 0.717) is 17.1 Å². The molecule has 1 aromatic rings. The highest BCUT2D eigenvalue weighted by Crippen LogP contribution is 2.34. The van der Waals surface area contributed by atoms with E-state index < -0.39 is 17.7 Å². The fraction of sp³-hybridized carbons (Fsp3) is 0.333. The highest BCUT2D eigenvalue weighted by atomic mass is 16.7. The average molecular weight is 332 g/mol. The summed E-state index contributed by atoms with van der Waals surface area (Å²) in [5, 5.41) is 0. The SMILES string of the molecule is C=C(C)COc1c(C=C2C(=O)OC(C)(C)OC2=O)cccc1OC. The van der Waals surface area contributed by atoms with Gasteiger partial charge < -0.3 is 18.9 Å². The molecule has 0 bridgehead atoms. The van der Waals surface area contributed by atoms with Gasteiger partial charge in [0.05, 0.1) is 7.11 Å². The lowest BCUT2D eigenvalue weighted by Crippen LogP contribution is -2.41. The second-order valence-corrected chi connectivity index (χ2v) is 5.86. The van der Waals surface area contributed by atoms with Gasteiger partial charge in [0.2, 0.25) is 0 Å². The molecule has 6 heteroatoms. The summed E-state index contributed by atoms with van der Waals surface area (Å²) in [6, 6.07) is 5.14. The van der Waals surface area contributed by atoms with Gasteiger partial charge in [0.25, 0.3) is 5.79 Å². The van der Waals surface area contributed by atoms with E-state index in [1.54, 1.807) is 18.2 Å². The van der Waals surface area contributed by atoms with Crippen LogP contribution in [0.3, 0.4) is 0 Å². The Labute approximate surface area is 140 Å². The molecule has 1 saturated heterocycles. The molecule has 0 amide bonds. The summed E-state index contributed by atoms with van der Waals surface area (Å²) in [6.07, 6.45) is 1.37. The molecule has 0 saturated carbocycles. The van der Waals surface area contributed by atoms with Crippen LogP contribution in [0.15, 0.2) is 35.9 Å². The maximum absolute atomic E-state index is 12.1.